The first-order valence-corrected chi connectivity index (χ1v) is 6.52. The maximum Gasteiger partial charge on any atom is 0.0568 e. The van der Waals surface area contributed by atoms with Gasteiger partial charge < -0.3 is 0 Å². The van der Waals surface area contributed by atoms with Gasteiger partial charge >= 0.3 is 0 Å². The van der Waals surface area contributed by atoms with Crippen molar-refractivity contribution in [1.29, 1.82) is 0 Å². The first-order valence-electron chi connectivity index (χ1n) is 5.72. The van der Waals surface area contributed by atoms with Crippen molar-refractivity contribution in [3.05, 3.63) is 41.1 Å². The summed E-state index contributed by atoms with van der Waals surface area (Å²) in [5.74, 6) is 0. The molecule has 2 nitrogen and oxygen atoms in total. The maximum atomic E-state index is 4.41. The molecule has 0 saturated heterocycles. The zero-order valence-electron chi connectivity index (χ0n) is 10.4. The third-order valence-corrected chi connectivity index (χ3v) is 2.98. The van der Waals surface area contributed by atoms with Gasteiger partial charge in [0.05, 0.1) is 6.20 Å². The van der Waals surface area contributed by atoms with Gasteiger partial charge in [-0.1, -0.05) is 48.8 Å². The van der Waals surface area contributed by atoms with Crippen LogP contribution in [0, 0.1) is 5.41 Å². The van der Waals surface area contributed by atoms with E-state index in [4.69, 9.17) is 0 Å². The summed E-state index contributed by atoms with van der Waals surface area (Å²) >= 11 is 3.44. The molecule has 1 aromatic heterocycles. The molecule has 0 radical (unpaired) electrons. The number of rotatable bonds is 2. The van der Waals surface area contributed by atoms with Crippen LogP contribution in [-0.2, 0) is 6.54 Å². The molecule has 1 aromatic carbocycles. The van der Waals surface area contributed by atoms with Crippen molar-refractivity contribution < 1.29 is 0 Å². The second kappa shape index (κ2) is 4.65. The number of benzene rings is 1. The van der Waals surface area contributed by atoms with E-state index in [1.54, 1.807) is 0 Å². The molecular formula is C14H17BrN2. The molecule has 0 N–H and O–H groups in total. The fourth-order valence-corrected chi connectivity index (χ4v) is 1.99. The van der Waals surface area contributed by atoms with Gasteiger partial charge in [0.2, 0.25) is 0 Å². The first kappa shape index (κ1) is 12.4. The standard InChI is InChI=1S/C14H17BrN2/c1-14(2,3)10-17-9-12(8-16-17)11-4-6-13(15)7-5-11/h4-9H,10H2,1-3H3. The van der Waals surface area contributed by atoms with Gasteiger partial charge in [-0.3, -0.25) is 4.68 Å². The molecule has 17 heavy (non-hydrogen) atoms. The molecule has 0 aliphatic rings. The zero-order chi connectivity index (χ0) is 12.5. The van der Waals surface area contributed by atoms with Crippen molar-refractivity contribution in [3.63, 3.8) is 0 Å². The molecule has 0 fully saturated rings. The SMILES string of the molecule is CC(C)(C)Cn1cc(-c2ccc(Br)cc2)cn1. The van der Waals surface area contributed by atoms with Crippen molar-refractivity contribution in [2.75, 3.05) is 0 Å². The van der Waals surface area contributed by atoms with Crippen molar-refractivity contribution >= 4 is 15.9 Å². The van der Waals surface area contributed by atoms with Gasteiger partial charge in [-0.2, -0.15) is 5.10 Å². The van der Waals surface area contributed by atoms with Crippen LogP contribution in [0.4, 0.5) is 0 Å². The summed E-state index contributed by atoms with van der Waals surface area (Å²) in [6.07, 6.45) is 4.03. The Morgan fingerprint density at radius 1 is 1.12 bits per heavy atom. The Labute approximate surface area is 111 Å². The van der Waals surface area contributed by atoms with E-state index in [0.29, 0.717) is 0 Å². The van der Waals surface area contributed by atoms with Crippen molar-refractivity contribution in [3.8, 4) is 11.1 Å². The minimum atomic E-state index is 0.253. The highest BCUT2D eigenvalue weighted by molar-refractivity contribution is 9.10. The van der Waals surface area contributed by atoms with Crippen molar-refractivity contribution in [2.24, 2.45) is 5.41 Å². The van der Waals surface area contributed by atoms with Crippen LogP contribution in [0.15, 0.2) is 41.1 Å². The molecule has 0 spiro atoms. The molecule has 1 heterocycles. The van der Waals surface area contributed by atoms with Gasteiger partial charge in [-0.05, 0) is 23.1 Å². The monoisotopic (exact) mass is 292 g/mol. The van der Waals surface area contributed by atoms with Crippen LogP contribution < -0.4 is 0 Å². The third-order valence-electron chi connectivity index (χ3n) is 2.45. The number of nitrogens with zero attached hydrogens (tertiary/aromatic N) is 2. The molecule has 0 bridgehead atoms. The Morgan fingerprint density at radius 2 is 1.76 bits per heavy atom. The maximum absolute atomic E-state index is 4.41. The molecule has 0 saturated carbocycles. The fourth-order valence-electron chi connectivity index (χ4n) is 1.73. The van der Waals surface area contributed by atoms with E-state index in [-0.39, 0.29) is 5.41 Å². The molecule has 0 atom stereocenters. The summed E-state index contributed by atoms with van der Waals surface area (Å²) in [5, 5.41) is 4.41. The van der Waals surface area contributed by atoms with Crippen LogP contribution in [-0.4, -0.2) is 9.78 Å². The van der Waals surface area contributed by atoms with Gasteiger partial charge in [0.25, 0.3) is 0 Å². The Hall–Kier alpha value is -1.09. The summed E-state index contributed by atoms with van der Waals surface area (Å²) in [4.78, 5) is 0. The van der Waals surface area contributed by atoms with Crippen LogP contribution in [0.25, 0.3) is 11.1 Å². The molecule has 0 amide bonds. The first-order chi connectivity index (χ1) is 7.94. The second-order valence-corrected chi connectivity index (χ2v) is 6.41. The highest BCUT2D eigenvalue weighted by Crippen LogP contribution is 2.22. The number of hydrogen-bond acceptors (Lipinski definition) is 1. The molecule has 2 rings (SSSR count). The summed E-state index contributed by atoms with van der Waals surface area (Å²) in [6, 6.07) is 8.30. The van der Waals surface area contributed by atoms with Crippen LogP contribution in [0.1, 0.15) is 20.8 Å². The Bertz CT molecular complexity index is 492. The summed E-state index contributed by atoms with van der Waals surface area (Å²) in [5.41, 5.74) is 2.62. The predicted molar refractivity (Wildman–Crippen MR) is 74.8 cm³/mol. The zero-order valence-corrected chi connectivity index (χ0v) is 12.0. The number of hydrogen-bond donors (Lipinski definition) is 0. The average Bonchev–Trinajstić information content (AvgIpc) is 2.64. The van der Waals surface area contributed by atoms with Crippen LogP contribution >= 0.6 is 15.9 Å². The van der Waals surface area contributed by atoms with E-state index in [9.17, 15) is 0 Å². The Kier molecular flexibility index (Phi) is 3.38. The van der Waals surface area contributed by atoms with Gasteiger partial charge in [-0.15, -0.1) is 0 Å². The molecule has 0 aliphatic heterocycles. The summed E-state index contributed by atoms with van der Waals surface area (Å²) in [6.45, 7) is 7.58. The van der Waals surface area contributed by atoms with E-state index in [0.717, 1.165) is 11.0 Å². The summed E-state index contributed by atoms with van der Waals surface area (Å²) < 4.78 is 3.11. The van der Waals surface area contributed by atoms with Crippen LogP contribution in [0.5, 0.6) is 0 Å². The molecule has 2 aromatic rings. The lowest BCUT2D eigenvalue weighted by molar-refractivity contribution is 0.325. The van der Waals surface area contributed by atoms with E-state index in [1.807, 2.05) is 10.9 Å². The van der Waals surface area contributed by atoms with Gasteiger partial charge in [0, 0.05) is 22.8 Å². The minimum absolute atomic E-state index is 0.253. The van der Waals surface area contributed by atoms with E-state index in [2.05, 4.69) is 72.3 Å². The van der Waals surface area contributed by atoms with Crippen molar-refractivity contribution in [2.45, 2.75) is 27.3 Å². The normalized spacial score (nSPS) is 11.8. The van der Waals surface area contributed by atoms with Gasteiger partial charge in [0.15, 0.2) is 0 Å². The predicted octanol–water partition coefficient (Wildman–Crippen LogP) is 4.36. The molecule has 0 aliphatic carbocycles. The molecule has 90 valence electrons. The lowest BCUT2D eigenvalue weighted by Gasteiger charge is -2.17. The second-order valence-electron chi connectivity index (χ2n) is 5.49. The average molecular weight is 293 g/mol. The molecule has 0 unspecified atom stereocenters. The summed E-state index contributed by atoms with van der Waals surface area (Å²) in [7, 11) is 0. The molecular weight excluding hydrogens is 276 g/mol. The minimum Gasteiger partial charge on any atom is -0.272 e. The van der Waals surface area contributed by atoms with Crippen LogP contribution in [0.3, 0.4) is 0 Å². The lowest BCUT2D eigenvalue weighted by Crippen LogP contribution is -2.15. The third kappa shape index (κ3) is 3.43. The highest BCUT2D eigenvalue weighted by atomic mass is 79.9. The Balaban J connectivity index is 2.21. The van der Waals surface area contributed by atoms with Gasteiger partial charge in [0.1, 0.15) is 0 Å². The lowest BCUT2D eigenvalue weighted by atomic mass is 9.97. The highest BCUT2D eigenvalue weighted by Gasteiger charge is 2.12. The van der Waals surface area contributed by atoms with Crippen molar-refractivity contribution in [1.82, 2.24) is 9.78 Å². The topological polar surface area (TPSA) is 17.8 Å². The number of halogens is 1. The molecule has 3 heteroatoms. The van der Waals surface area contributed by atoms with E-state index >= 15 is 0 Å². The Morgan fingerprint density at radius 3 is 2.35 bits per heavy atom. The largest absolute Gasteiger partial charge is 0.272 e. The number of aromatic nitrogens is 2. The van der Waals surface area contributed by atoms with E-state index < -0.39 is 0 Å². The smallest absolute Gasteiger partial charge is 0.0568 e. The van der Waals surface area contributed by atoms with E-state index in [1.165, 1.54) is 11.1 Å². The van der Waals surface area contributed by atoms with Gasteiger partial charge in [-0.25, -0.2) is 0 Å². The quantitative estimate of drug-likeness (QED) is 0.804. The fraction of sp³-hybridized carbons (Fsp3) is 0.357. The van der Waals surface area contributed by atoms with Crippen LogP contribution in [0.2, 0.25) is 0 Å².